The van der Waals surface area contributed by atoms with Crippen LogP contribution in [0, 0.1) is 11.6 Å². The summed E-state index contributed by atoms with van der Waals surface area (Å²) < 4.78 is 26.5. The Bertz CT molecular complexity index is 378. The van der Waals surface area contributed by atoms with Crippen molar-refractivity contribution in [3.05, 3.63) is 35.4 Å². The van der Waals surface area contributed by atoms with Crippen LogP contribution >= 0.6 is 11.6 Å². The number of hydrogen-bond donors (Lipinski definition) is 1. The summed E-state index contributed by atoms with van der Waals surface area (Å²) in [5.74, 6) is -1.75. The number of amides is 1. The second kappa shape index (κ2) is 8.03. The highest BCUT2D eigenvalue weighted by atomic mass is 35.5. The summed E-state index contributed by atoms with van der Waals surface area (Å²) in [6.45, 7) is 0.412. The van der Waals surface area contributed by atoms with Crippen LogP contribution in [-0.4, -0.2) is 18.3 Å². The molecule has 0 aliphatic heterocycles. The third kappa shape index (κ3) is 4.61. The van der Waals surface area contributed by atoms with Crippen molar-refractivity contribution in [2.45, 2.75) is 25.7 Å². The standard InChI is InChI=1S/C13H16ClF2NO/c14-8-3-1-2-4-9-17-13(18)12-10(15)6-5-7-11(12)16/h5-7H,1-4,8-9H2,(H,17,18). The lowest BCUT2D eigenvalue weighted by Crippen LogP contribution is -2.26. The van der Waals surface area contributed by atoms with Gasteiger partial charge < -0.3 is 5.32 Å². The number of benzene rings is 1. The Morgan fingerprint density at radius 1 is 1.11 bits per heavy atom. The molecule has 100 valence electrons. The van der Waals surface area contributed by atoms with E-state index in [1.807, 2.05) is 0 Å². The molecule has 1 aromatic carbocycles. The molecule has 18 heavy (non-hydrogen) atoms. The van der Waals surface area contributed by atoms with E-state index < -0.39 is 23.1 Å². The molecule has 5 heteroatoms. The van der Waals surface area contributed by atoms with Crippen LogP contribution in [0.3, 0.4) is 0 Å². The van der Waals surface area contributed by atoms with Crippen molar-refractivity contribution in [1.29, 1.82) is 0 Å². The van der Waals surface area contributed by atoms with Gasteiger partial charge in [-0.25, -0.2) is 8.78 Å². The maximum absolute atomic E-state index is 13.3. The van der Waals surface area contributed by atoms with Crippen LogP contribution in [0.5, 0.6) is 0 Å². The predicted molar refractivity (Wildman–Crippen MR) is 67.9 cm³/mol. The number of carbonyl (C=O) groups is 1. The van der Waals surface area contributed by atoms with Crippen molar-refractivity contribution in [2.24, 2.45) is 0 Å². The van der Waals surface area contributed by atoms with Gasteiger partial charge in [0.05, 0.1) is 0 Å². The average Bonchev–Trinajstić information content (AvgIpc) is 2.33. The summed E-state index contributed by atoms with van der Waals surface area (Å²) in [7, 11) is 0. The number of alkyl halides is 1. The molecule has 0 saturated carbocycles. The van der Waals surface area contributed by atoms with Crippen LogP contribution in [-0.2, 0) is 0 Å². The molecule has 1 rings (SSSR count). The minimum Gasteiger partial charge on any atom is -0.352 e. The van der Waals surface area contributed by atoms with Crippen LogP contribution in [0.2, 0.25) is 0 Å². The molecule has 0 radical (unpaired) electrons. The Balaban J connectivity index is 2.37. The van der Waals surface area contributed by atoms with E-state index >= 15 is 0 Å². The fourth-order valence-electron chi connectivity index (χ4n) is 1.58. The molecule has 2 nitrogen and oxygen atoms in total. The van der Waals surface area contributed by atoms with Gasteiger partial charge >= 0.3 is 0 Å². The fraction of sp³-hybridized carbons (Fsp3) is 0.462. The third-order valence-corrected chi connectivity index (χ3v) is 2.80. The average molecular weight is 276 g/mol. The van der Waals surface area contributed by atoms with E-state index in [9.17, 15) is 13.6 Å². The van der Waals surface area contributed by atoms with Gasteiger partial charge in [0.15, 0.2) is 0 Å². The first-order valence-corrected chi connectivity index (χ1v) is 6.48. The van der Waals surface area contributed by atoms with E-state index in [0.29, 0.717) is 12.4 Å². The lowest BCUT2D eigenvalue weighted by molar-refractivity contribution is 0.0944. The van der Waals surface area contributed by atoms with Crippen LogP contribution in [0.1, 0.15) is 36.0 Å². The SMILES string of the molecule is O=C(NCCCCCCCl)c1c(F)cccc1F. The molecule has 0 fully saturated rings. The molecule has 0 heterocycles. The zero-order chi connectivity index (χ0) is 13.4. The molecule has 0 aliphatic carbocycles. The van der Waals surface area contributed by atoms with E-state index in [0.717, 1.165) is 37.8 Å². The first-order chi connectivity index (χ1) is 8.66. The third-order valence-electron chi connectivity index (χ3n) is 2.54. The normalized spacial score (nSPS) is 10.4. The molecule has 1 aromatic rings. The van der Waals surface area contributed by atoms with Gasteiger partial charge in [0.1, 0.15) is 17.2 Å². The van der Waals surface area contributed by atoms with Crippen LogP contribution in [0.25, 0.3) is 0 Å². The Morgan fingerprint density at radius 2 is 1.72 bits per heavy atom. The number of carbonyl (C=O) groups excluding carboxylic acids is 1. The highest BCUT2D eigenvalue weighted by molar-refractivity contribution is 6.17. The molecule has 0 aliphatic rings. The number of rotatable bonds is 7. The summed E-state index contributed by atoms with van der Waals surface area (Å²) in [5.41, 5.74) is -0.516. The lowest BCUT2D eigenvalue weighted by atomic mass is 10.1. The predicted octanol–water partition coefficient (Wildman–Crippen LogP) is 3.49. The summed E-state index contributed by atoms with van der Waals surface area (Å²) in [5, 5.41) is 2.51. The minimum absolute atomic E-state index is 0.412. The zero-order valence-corrected chi connectivity index (χ0v) is 10.8. The van der Waals surface area contributed by atoms with Gasteiger partial charge in [-0.15, -0.1) is 11.6 Å². The highest BCUT2D eigenvalue weighted by Gasteiger charge is 2.15. The monoisotopic (exact) mass is 275 g/mol. The van der Waals surface area contributed by atoms with Gasteiger partial charge in [0.25, 0.3) is 5.91 Å². The summed E-state index contributed by atoms with van der Waals surface area (Å²) in [6.07, 6.45) is 3.65. The lowest BCUT2D eigenvalue weighted by Gasteiger charge is -2.06. The van der Waals surface area contributed by atoms with E-state index in [2.05, 4.69) is 5.32 Å². The number of unbranched alkanes of at least 4 members (excludes halogenated alkanes) is 3. The maximum Gasteiger partial charge on any atom is 0.257 e. The van der Waals surface area contributed by atoms with Crippen LogP contribution in [0.15, 0.2) is 18.2 Å². The molecule has 1 amide bonds. The molecular formula is C13H16ClF2NO. The zero-order valence-electron chi connectivity index (χ0n) is 10.0. The molecule has 0 saturated heterocycles. The van der Waals surface area contributed by atoms with E-state index in [-0.39, 0.29) is 0 Å². The topological polar surface area (TPSA) is 29.1 Å². The van der Waals surface area contributed by atoms with Crippen molar-refractivity contribution >= 4 is 17.5 Å². The summed E-state index contributed by atoms with van der Waals surface area (Å²) in [6, 6.07) is 3.37. The van der Waals surface area contributed by atoms with E-state index in [1.165, 1.54) is 6.07 Å². The Morgan fingerprint density at radius 3 is 2.33 bits per heavy atom. The molecule has 0 unspecified atom stereocenters. The molecule has 0 spiro atoms. The number of hydrogen-bond acceptors (Lipinski definition) is 1. The Kier molecular flexibility index (Phi) is 6.65. The van der Waals surface area contributed by atoms with E-state index in [1.54, 1.807) is 0 Å². The van der Waals surface area contributed by atoms with Gasteiger partial charge in [-0.3, -0.25) is 4.79 Å². The first-order valence-electron chi connectivity index (χ1n) is 5.95. The molecule has 0 atom stereocenters. The minimum atomic E-state index is -0.838. The smallest absolute Gasteiger partial charge is 0.257 e. The summed E-state index contributed by atoms with van der Waals surface area (Å²) >= 11 is 5.53. The van der Waals surface area contributed by atoms with Gasteiger partial charge in [-0.1, -0.05) is 18.9 Å². The van der Waals surface area contributed by atoms with Crippen LogP contribution < -0.4 is 5.32 Å². The van der Waals surface area contributed by atoms with Crippen molar-refractivity contribution in [3.8, 4) is 0 Å². The van der Waals surface area contributed by atoms with Crippen molar-refractivity contribution in [1.82, 2.24) is 5.32 Å². The summed E-state index contributed by atoms with van der Waals surface area (Å²) in [4.78, 5) is 11.6. The van der Waals surface area contributed by atoms with Crippen LogP contribution in [0.4, 0.5) is 8.78 Å². The molecule has 0 bridgehead atoms. The van der Waals surface area contributed by atoms with Gasteiger partial charge in [-0.05, 0) is 25.0 Å². The molecular weight excluding hydrogens is 260 g/mol. The first kappa shape index (κ1) is 14.9. The maximum atomic E-state index is 13.3. The van der Waals surface area contributed by atoms with Crippen molar-refractivity contribution in [3.63, 3.8) is 0 Å². The van der Waals surface area contributed by atoms with Gasteiger partial charge in [0, 0.05) is 12.4 Å². The number of halogens is 3. The van der Waals surface area contributed by atoms with Crippen molar-refractivity contribution < 1.29 is 13.6 Å². The Labute approximate surface area is 110 Å². The quantitative estimate of drug-likeness (QED) is 0.599. The largest absolute Gasteiger partial charge is 0.352 e. The Hall–Kier alpha value is -1.16. The fourth-order valence-corrected chi connectivity index (χ4v) is 1.77. The number of nitrogens with one attached hydrogen (secondary N) is 1. The molecule has 0 aromatic heterocycles. The van der Waals surface area contributed by atoms with E-state index in [4.69, 9.17) is 11.6 Å². The van der Waals surface area contributed by atoms with Gasteiger partial charge in [-0.2, -0.15) is 0 Å². The van der Waals surface area contributed by atoms with Gasteiger partial charge in [0.2, 0.25) is 0 Å². The second-order valence-corrected chi connectivity index (χ2v) is 4.33. The molecule has 1 N–H and O–H groups in total. The second-order valence-electron chi connectivity index (χ2n) is 3.96. The highest BCUT2D eigenvalue weighted by Crippen LogP contribution is 2.11. The van der Waals surface area contributed by atoms with Crippen molar-refractivity contribution in [2.75, 3.05) is 12.4 Å².